The molecule has 0 unspecified atom stereocenters. The standard InChI is InChI=1S/C15H16N4O2S/c1-9(2)13-17-18-15(22-13)16-12(20)8-19-7-10-5-3-4-6-11(10)14(19)21/h3-6,9H,7-8H2,1-2H3,(H,16,18,20). The van der Waals surface area contributed by atoms with Crippen LogP contribution in [-0.4, -0.2) is 33.5 Å². The molecule has 6 nitrogen and oxygen atoms in total. The number of amides is 2. The first-order valence-electron chi connectivity index (χ1n) is 7.05. The highest BCUT2D eigenvalue weighted by molar-refractivity contribution is 7.15. The number of hydrogen-bond donors (Lipinski definition) is 1. The highest BCUT2D eigenvalue weighted by Crippen LogP contribution is 2.24. The van der Waals surface area contributed by atoms with Crippen LogP contribution in [0.5, 0.6) is 0 Å². The Morgan fingerprint density at radius 2 is 2.14 bits per heavy atom. The maximum absolute atomic E-state index is 12.2. The average molecular weight is 316 g/mol. The van der Waals surface area contributed by atoms with Gasteiger partial charge < -0.3 is 4.90 Å². The summed E-state index contributed by atoms with van der Waals surface area (Å²) in [4.78, 5) is 25.8. The molecule has 0 radical (unpaired) electrons. The third kappa shape index (κ3) is 2.85. The summed E-state index contributed by atoms with van der Waals surface area (Å²) in [5.41, 5.74) is 1.63. The molecule has 114 valence electrons. The van der Waals surface area contributed by atoms with Gasteiger partial charge in [0.2, 0.25) is 11.0 Å². The Bertz CT molecular complexity index is 726. The predicted octanol–water partition coefficient (Wildman–Crippen LogP) is 2.26. The molecular weight excluding hydrogens is 300 g/mol. The summed E-state index contributed by atoms with van der Waals surface area (Å²) >= 11 is 1.36. The molecule has 2 amide bonds. The van der Waals surface area contributed by atoms with Crippen molar-refractivity contribution in [1.82, 2.24) is 15.1 Å². The topological polar surface area (TPSA) is 75.2 Å². The number of fused-ring (bicyclic) bond motifs is 1. The Hall–Kier alpha value is -2.28. The third-order valence-corrected chi connectivity index (χ3v) is 4.55. The summed E-state index contributed by atoms with van der Waals surface area (Å²) in [5.74, 6) is -0.0868. The molecule has 7 heteroatoms. The fraction of sp³-hybridized carbons (Fsp3) is 0.333. The Morgan fingerprint density at radius 1 is 1.36 bits per heavy atom. The van der Waals surface area contributed by atoms with Gasteiger partial charge in [-0.3, -0.25) is 14.9 Å². The van der Waals surface area contributed by atoms with Gasteiger partial charge in [0.1, 0.15) is 11.6 Å². The van der Waals surface area contributed by atoms with Gasteiger partial charge in [0.25, 0.3) is 5.91 Å². The second-order valence-electron chi connectivity index (χ2n) is 5.47. The van der Waals surface area contributed by atoms with Crippen LogP contribution in [0.15, 0.2) is 24.3 Å². The number of nitrogens with one attached hydrogen (secondary N) is 1. The maximum atomic E-state index is 12.2. The van der Waals surface area contributed by atoms with E-state index in [9.17, 15) is 9.59 Å². The van der Waals surface area contributed by atoms with Gasteiger partial charge in [0.15, 0.2) is 0 Å². The molecule has 1 aliphatic heterocycles. The molecular formula is C15H16N4O2S. The van der Waals surface area contributed by atoms with Crippen LogP contribution in [0.25, 0.3) is 0 Å². The first kappa shape index (κ1) is 14.6. The van der Waals surface area contributed by atoms with E-state index in [1.807, 2.05) is 32.0 Å². The lowest BCUT2D eigenvalue weighted by Gasteiger charge is -2.14. The highest BCUT2D eigenvalue weighted by Gasteiger charge is 2.28. The van der Waals surface area contributed by atoms with Crippen molar-refractivity contribution in [2.75, 3.05) is 11.9 Å². The quantitative estimate of drug-likeness (QED) is 0.939. The molecule has 1 aromatic heterocycles. The van der Waals surface area contributed by atoms with Gasteiger partial charge in [-0.1, -0.05) is 43.4 Å². The van der Waals surface area contributed by atoms with Crippen molar-refractivity contribution in [3.63, 3.8) is 0 Å². The average Bonchev–Trinajstić information content (AvgIpc) is 3.06. The summed E-state index contributed by atoms with van der Waals surface area (Å²) in [6.07, 6.45) is 0. The zero-order valence-electron chi connectivity index (χ0n) is 12.4. The van der Waals surface area contributed by atoms with Crippen molar-refractivity contribution in [2.45, 2.75) is 26.3 Å². The molecule has 0 fully saturated rings. The summed E-state index contributed by atoms with van der Waals surface area (Å²) in [6, 6.07) is 7.42. The summed E-state index contributed by atoms with van der Waals surface area (Å²) in [5, 5.41) is 12.0. The number of carbonyl (C=O) groups is 2. The maximum Gasteiger partial charge on any atom is 0.254 e. The highest BCUT2D eigenvalue weighted by atomic mass is 32.1. The first-order chi connectivity index (χ1) is 10.5. The number of hydrogen-bond acceptors (Lipinski definition) is 5. The van der Waals surface area contributed by atoms with Crippen LogP contribution in [0.4, 0.5) is 5.13 Å². The number of aromatic nitrogens is 2. The molecule has 0 atom stereocenters. The molecule has 1 aliphatic rings. The van der Waals surface area contributed by atoms with Gasteiger partial charge >= 0.3 is 0 Å². The Labute approximate surface area is 132 Å². The zero-order chi connectivity index (χ0) is 15.7. The second-order valence-corrected chi connectivity index (χ2v) is 6.48. The predicted molar refractivity (Wildman–Crippen MR) is 83.8 cm³/mol. The monoisotopic (exact) mass is 316 g/mol. The van der Waals surface area contributed by atoms with Gasteiger partial charge in [-0.15, -0.1) is 10.2 Å². The molecule has 3 rings (SSSR count). The van der Waals surface area contributed by atoms with Crippen LogP contribution in [0.2, 0.25) is 0 Å². The van der Waals surface area contributed by atoms with Gasteiger partial charge in [0, 0.05) is 18.0 Å². The first-order valence-corrected chi connectivity index (χ1v) is 7.86. The molecule has 0 saturated heterocycles. The van der Waals surface area contributed by atoms with Crippen molar-refractivity contribution in [3.8, 4) is 0 Å². The normalized spacial score (nSPS) is 13.6. The minimum absolute atomic E-state index is 0.0180. The van der Waals surface area contributed by atoms with Crippen molar-refractivity contribution < 1.29 is 9.59 Å². The molecule has 0 spiro atoms. The van der Waals surface area contributed by atoms with Crippen LogP contribution in [0.1, 0.15) is 40.7 Å². The van der Waals surface area contributed by atoms with Crippen LogP contribution in [0, 0.1) is 0 Å². The van der Waals surface area contributed by atoms with E-state index in [0.717, 1.165) is 10.6 Å². The lowest BCUT2D eigenvalue weighted by atomic mass is 10.1. The molecule has 22 heavy (non-hydrogen) atoms. The summed E-state index contributed by atoms with van der Waals surface area (Å²) in [6.45, 7) is 4.53. The molecule has 2 heterocycles. The van der Waals surface area contributed by atoms with Crippen LogP contribution in [-0.2, 0) is 11.3 Å². The fourth-order valence-corrected chi connectivity index (χ4v) is 3.05. The minimum Gasteiger partial charge on any atom is -0.325 e. The number of carbonyl (C=O) groups excluding carboxylic acids is 2. The van der Waals surface area contributed by atoms with E-state index >= 15 is 0 Å². The molecule has 2 aromatic rings. The van der Waals surface area contributed by atoms with Crippen LogP contribution < -0.4 is 5.32 Å². The van der Waals surface area contributed by atoms with E-state index in [1.54, 1.807) is 6.07 Å². The van der Waals surface area contributed by atoms with Crippen molar-refractivity contribution in [1.29, 1.82) is 0 Å². The molecule has 1 aromatic carbocycles. The van der Waals surface area contributed by atoms with Gasteiger partial charge in [-0.2, -0.15) is 0 Å². The Balaban J connectivity index is 1.62. The number of rotatable bonds is 4. The van der Waals surface area contributed by atoms with Crippen molar-refractivity contribution >= 4 is 28.3 Å². The molecule has 0 bridgehead atoms. The Morgan fingerprint density at radius 3 is 2.82 bits per heavy atom. The Kier molecular flexibility index (Phi) is 3.89. The zero-order valence-corrected chi connectivity index (χ0v) is 13.2. The van der Waals surface area contributed by atoms with E-state index in [-0.39, 0.29) is 24.3 Å². The summed E-state index contributed by atoms with van der Waals surface area (Å²) in [7, 11) is 0. The van der Waals surface area contributed by atoms with Crippen molar-refractivity contribution in [2.24, 2.45) is 0 Å². The van der Waals surface area contributed by atoms with E-state index < -0.39 is 0 Å². The number of anilines is 1. The molecule has 1 N–H and O–H groups in total. The number of benzene rings is 1. The smallest absolute Gasteiger partial charge is 0.254 e. The van der Waals surface area contributed by atoms with E-state index in [2.05, 4.69) is 15.5 Å². The van der Waals surface area contributed by atoms with E-state index in [4.69, 9.17) is 0 Å². The third-order valence-electron chi connectivity index (χ3n) is 3.41. The minimum atomic E-state index is -0.257. The van der Waals surface area contributed by atoms with Crippen LogP contribution in [0.3, 0.4) is 0 Å². The van der Waals surface area contributed by atoms with Gasteiger partial charge in [-0.05, 0) is 11.6 Å². The van der Waals surface area contributed by atoms with Crippen LogP contribution >= 0.6 is 11.3 Å². The lowest BCUT2D eigenvalue weighted by molar-refractivity contribution is -0.116. The van der Waals surface area contributed by atoms with Crippen molar-refractivity contribution in [3.05, 3.63) is 40.4 Å². The second kappa shape index (κ2) is 5.84. The molecule has 0 aliphatic carbocycles. The molecule has 0 saturated carbocycles. The van der Waals surface area contributed by atoms with Gasteiger partial charge in [-0.25, -0.2) is 0 Å². The largest absolute Gasteiger partial charge is 0.325 e. The summed E-state index contributed by atoms with van der Waals surface area (Å²) < 4.78 is 0. The van der Waals surface area contributed by atoms with Gasteiger partial charge in [0.05, 0.1) is 0 Å². The lowest BCUT2D eigenvalue weighted by Crippen LogP contribution is -2.33. The van der Waals surface area contributed by atoms with E-state index in [0.29, 0.717) is 17.2 Å². The number of nitrogens with zero attached hydrogens (tertiary/aromatic N) is 3. The van der Waals surface area contributed by atoms with E-state index in [1.165, 1.54) is 16.2 Å². The fourth-order valence-electron chi connectivity index (χ4n) is 2.29. The SMILES string of the molecule is CC(C)c1nnc(NC(=O)CN2Cc3ccccc3C2=O)s1.